The van der Waals surface area contributed by atoms with Gasteiger partial charge in [0, 0.05) is 18.6 Å². The summed E-state index contributed by atoms with van der Waals surface area (Å²) in [7, 11) is 1.85. The Bertz CT molecular complexity index is 522. The Morgan fingerprint density at radius 3 is 2.80 bits per heavy atom. The summed E-state index contributed by atoms with van der Waals surface area (Å²) in [5.41, 5.74) is 8.29. The Kier molecular flexibility index (Phi) is 2.51. The van der Waals surface area contributed by atoms with Crippen LogP contribution in [0.4, 0.5) is 5.69 Å². The largest absolute Gasteiger partial charge is 0.389 e. The molecule has 3 N–H and O–H groups in total. The zero-order valence-electron chi connectivity index (χ0n) is 8.32. The molecule has 0 atom stereocenters. The number of anilines is 1. The van der Waals surface area contributed by atoms with Crippen LogP contribution in [-0.4, -0.2) is 17.0 Å². The van der Waals surface area contributed by atoms with E-state index in [1.807, 2.05) is 31.3 Å². The minimum Gasteiger partial charge on any atom is -0.389 e. The number of thiocarbonyl (C=S) groups is 1. The van der Waals surface area contributed by atoms with Crippen molar-refractivity contribution in [2.24, 2.45) is 5.73 Å². The smallest absolute Gasteiger partial charge is 0.107 e. The van der Waals surface area contributed by atoms with Crippen LogP contribution in [0.1, 0.15) is 5.56 Å². The molecule has 1 aromatic heterocycles. The van der Waals surface area contributed by atoms with Crippen LogP contribution in [0, 0.1) is 0 Å². The van der Waals surface area contributed by atoms with Crippen LogP contribution in [0.25, 0.3) is 10.9 Å². The van der Waals surface area contributed by atoms with Crippen LogP contribution in [0.5, 0.6) is 0 Å². The molecule has 3 nitrogen and oxygen atoms in total. The Morgan fingerprint density at radius 1 is 1.40 bits per heavy atom. The van der Waals surface area contributed by atoms with Gasteiger partial charge in [-0.2, -0.15) is 0 Å². The van der Waals surface area contributed by atoms with Crippen molar-refractivity contribution in [2.75, 3.05) is 12.4 Å². The second kappa shape index (κ2) is 3.82. The lowest BCUT2D eigenvalue weighted by atomic mass is 10.1. The summed E-state index contributed by atoms with van der Waals surface area (Å²) < 4.78 is 0. The van der Waals surface area contributed by atoms with Gasteiger partial charge < -0.3 is 11.1 Å². The minimum atomic E-state index is 0.359. The van der Waals surface area contributed by atoms with Crippen LogP contribution in [0.15, 0.2) is 30.5 Å². The van der Waals surface area contributed by atoms with E-state index >= 15 is 0 Å². The first-order chi connectivity index (χ1) is 7.24. The van der Waals surface area contributed by atoms with Gasteiger partial charge in [-0.3, -0.25) is 4.98 Å². The zero-order valence-corrected chi connectivity index (χ0v) is 9.14. The van der Waals surface area contributed by atoms with E-state index in [1.54, 1.807) is 6.20 Å². The summed E-state index contributed by atoms with van der Waals surface area (Å²) in [5.74, 6) is 0. The highest BCUT2D eigenvalue weighted by Crippen LogP contribution is 2.24. The summed E-state index contributed by atoms with van der Waals surface area (Å²) in [6.45, 7) is 0. The highest BCUT2D eigenvalue weighted by atomic mass is 32.1. The van der Waals surface area contributed by atoms with Crippen molar-refractivity contribution in [2.45, 2.75) is 0 Å². The molecule has 1 aromatic carbocycles. The Balaban J connectivity index is 2.81. The molecule has 0 bridgehead atoms. The monoisotopic (exact) mass is 217 g/mol. The molecule has 0 aliphatic rings. The van der Waals surface area contributed by atoms with E-state index in [0.29, 0.717) is 4.99 Å². The van der Waals surface area contributed by atoms with Gasteiger partial charge in [-0.15, -0.1) is 0 Å². The molecule has 4 heteroatoms. The molecule has 0 aliphatic carbocycles. The lowest BCUT2D eigenvalue weighted by Gasteiger charge is -2.10. The standard InChI is InChI=1S/C11H11N3S/c1-13-10-7-4-2-3-5-9(7)14-6-8(10)11(12)15/h2-6H,1H3,(H2,12,15)(H,13,14). The van der Waals surface area contributed by atoms with Crippen LogP contribution < -0.4 is 11.1 Å². The predicted octanol–water partition coefficient (Wildman–Crippen LogP) is 1.91. The van der Waals surface area contributed by atoms with Gasteiger partial charge in [-0.1, -0.05) is 30.4 Å². The Hall–Kier alpha value is -1.68. The fourth-order valence-corrected chi connectivity index (χ4v) is 1.75. The second-order valence-corrected chi connectivity index (χ2v) is 3.62. The molecule has 0 aliphatic heterocycles. The van der Waals surface area contributed by atoms with Gasteiger partial charge in [-0.25, -0.2) is 0 Å². The maximum atomic E-state index is 5.63. The number of aromatic nitrogens is 1. The SMILES string of the molecule is CNc1c(C(N)=S)cnc2ccccc12. The van der Waals surface area contributed by atoms with Gasteiger partial charge in [0.15, 0.2) is 0 Å². The first-order valence-electron chi connectivity index (χ1n) is 4.59. The number of rotatable bonds is 2. The van der Waals surface area contributed by atoms with Gasteiger partial charge in [0.05, 0.1) is 16.8 Å². The quantitative estimate of drug-likeness (QED) is 0.754. The third kappa shape index (κ3) is 1.64. The molecule has 0 fully saturated rings. The second-order valence-electron chi connectivity index (χ2n) is 3.18. The lowest BCUT2D eigenvalue weighted by Crippen LogP contribution is -2.12. The highest BCUT2D eigenvalue weighted by Gasteiger charge is 2.08. The van der Waals surface area contributed by atoms with Crippen LogP contribution in [-0.2, 0) is 0 Å². The zero-order chi connectivity index (χ0) is 10.8. The highest BCUT2D eigenvalue weighted by molar-refractivity contribution is 7.80. The number of para-hydroxylation sites is 1. The van der Waals surface area contributed by atoms with E-state index in [1.165, 1.54) is 0 Å². The summed E-state index contributed by atoms with van der Waals surface area (Å²) in [6.07, 6.45) is 1.70. The first-order valence-corrected chi connectivity index (χ1v) is 5.00. The van der Waals surface area contributed by atoms with Gasteiger partial charge in [-0.05, 0) is 6.07 Å². The van der Waals surface area contributed by atoms with Gasteiger partial charge >= 0.3 is 0 Å². The van der Waals surface area contributed by atoms with Crippen molar-refractivity contribution >= 4 is 33.8 Å². The normalized spacial score (nSPS) is 10.2. The fourth-order valence-electron chi connectivity index (χ4n) is 1.60. The van der Waals surface area contributed by atoms with E-state index in [-0.39, 0.29) is 0 Å². The topological polar surface area (TPSA) is 50.9 Å². The van der Waals surface area contributed by atoms with Crippen molar-refractivity contribution in [3.8, 4) is 0 Å². The Labute approximate surface area is 93.3 Å². The number of pyridine rings is 1. The number of hydrogen-bond acceptors (Lipinski definition) is 3. The van der Waals surface area contributed by atoms with Gasteiger partial charge in [0.1, 0.15) is 4.99 Å². The van der Waals surface area contributed by atoms with Crippen molar-refractivity contribution in [3.63, 3.8) is 0 Å². The number of nitrogens with one attached hydrogen (secondary N) is 1. The number of benzene rings is 1. The average molecular weight is 217 g/mol. The summed E-state index contributed by atoms with van der Waals surface area (Å²) in [5, 5.41) is 4.15. The van der Waals surface area contributed by atoms with Crippen molar-refractivity contribution < 1.29 is 0 Å². The Morgan fingerprint density at radius 2 is 2.13 bits per heavy atom. The van der Waals surface area contributed by atoms with E-state index in [4.69, 9.17) is 18.0 Å². The van der Waals surface area contributed by atoms with E-state index in [9.17, 15) is 0 Å². The molecule has 0 saturated carbocycles. The number of hydrogen-bond donors (Lipinski definition) is 2. The fraction of sp³-hybridized carbons (Fsp3) is 0.0909. The van der Waals surface area contributed by atoms with Crippen molar-refractivity contribution in [3.05, 3.63) is 36.0 Å². The summed E-state index contributed by atoms with van der Waals surface area (Å²) >= 11 is 4.98. The third-order valence-corrected chi connectivity index (χ3v) is 2.51. The summed E-state index contributed by atoms with van der Waals surface area (Å²) in [4.78, 5) is 4.66. The molecule has 0 amide bonds. The van der Waals surface area contributed by atoms with E-state index < -0.39 is 0 Å². The first kappa shape index (κ1) is 9.86. The van der Waals surface area contributed by atoms with Crippen molar-refractivity contribution in [1.82, 2.24) is 4.98 Å². The number of fused-ring (bicyclic) bond motifs is 1. The minimum absolute atomic E-state index is 0.359. The predicted molar refractivity (Wildman–Crippen MR) is 67.2 cm³/mol. The molecule has 0 radical (unpaired) electrons. The summed E-state index contributed by atoms with van der Waals surface area (Å²) in [6, 6.07) is 7.87. The molecule has 2 aromatic rings. The molecule has 0 saturated heterocycles. The molecule has 15 heavy (non-hydrogen) atoms. The van der Waals surface area contributed by atoms with Crippen molar-refractivity contribution in [1.29, 1.82) is 0 Å². The number of nitrogens with zero attached hydrogens (tertiary/aromatic N) is 1. The maximum Gasteiger partial charge on any atom is 0.107 e. The van der Waals surface area contributed by atoms with Gasteiger partial charge in [0.25, 0.3) is 0 Å². The van der Waals surface area contributed by atoms with E-state index in [2.05, 4.69) is 10.3 Å². The third-order valence-electron chi connectivity index (χ3n) is 2.29. The molecular formula is C11H11N3S. The van der Waals surface area contributed by atoms with Gasteiger partial charge in [0.2, 0.25) is 0 Å². The molecule has 0 unspecified atom stereocenters. The number of nitrogens with two attached hydrogens (primary N) is 1. The maximum absolute atomic E-state index is 5.63. The van der Waals surface area contributed by atoms with E-state index in [0.717, 1.165) is 22.2 Å². The molecule has 1 heterocycles. The lowest BCUT2D eigenvalue weighted by molar-refractivity contribution is 1.38. The van der Waals surface area contributed by atoms with Crippen LogP contribution >= 0.6 is 12.2 Å². The average Bonchev–Trinajstić information content (AvgIpc) is 2.27. The molecular weight excluding hydrogens is 206 g/mol. The molecule has 76 valence electrons. The molecule has 2 rings (SSSR count). The molecule has 0 spiro atoms. The van der Waals surface area contributed by atoms with Crippen LogP contribution in [0.2, 0.25) is 0 Å². The van der Waals surface area contributed by atoms with Crippen LogP contribution in [0.3, 0.4) is 0 Å².